The van der Waals surface area contributed by atoms with E-state index in [1.165, 1.54) is 0 Å². The average molecular weight is 245 g/mol. The monoisotopic (exact) mass is 245 g/mol. The van der Waals surface area contributed by atoms with Gasteiger partial charge in [0.2, 0.25) is 0 Å². The molecule has 0 saturated carbocycles. The molecule has 0 fully saturated rings. The Balaban J connectivity index is 3.60. The average Bonchev–Trinajstić information content (AvgIpc) is 2.01. The summed E-state index contributed by atoms with van der Waals surface area (Å²) in [6.07, 6.45) is 0. The van der Waals surface area contributed by atoms with E-state index in [-0.39, 0.29) is 6.07 Å². The molecule has 0 aliphatic carbocycles. The third-order valence-corrected chi connectivity index (χ3v) is 2.61. The molecule has 15 heavy (non-hydrogen) atoms. The van der Waals surface area contributed by atoms with Crippen LogP contribution in [0.2, 0.25) is 0 Å². The molecule has 0 aliphatic heterocycles. The zero-order valence-corrected chi connectivity index (χ0v) is 7.77. The fourth-order valence-electron chi connectivity index (χ4n) is 0.914. The molecular formula is C6H4F5N3S. The van der Waals surface area contributed by atoms with E-state index in [4.69, 9.17) is 5.53 Å². The number of rotatable bonds is 2. The minimum absolute atomic E-state index is 0.186. The summed E-state index contributed by atoms with van der Waals surface area (Å²) in [5.74, 6) is 0. The fourth-order valence-corrected chi connectivity index (χ4v) is 1.75. The van der Waals surface area contributed by atoms with Crippen molar-refractivity contribution < 1.29 is 19.4 Å². The standard InChI is InChI=1S/C6H4F5N3S/c7-15(8,9,10,11)6-4-2-1-3-5(6)13-14-12/h1-4H. The second kappa shape index (κ2) is 2.56. The molecule has 0 saturated heterocycles. The molecule has 1 aromatic carbocycles. The Morgan fingerprint density at radius 3 is 2.07 bits per heavy atom. The molecule has 1 rings (SSSR count). The van der Waals surface area contributed by atoms with Crippen LogP contribution >= 0.6 is 10.2 Å². The largest absolute Gasteiger partial charge is 0.310 e. The van der Waals surface area contributed by atoms with Crippen LogP contribution in [0, 0.1) is 0 Å². The second-order valence-electron chi connectivity index (χ2n) is 2.63. The molecule has 0 amide bonds. The lowest BCUT2D eigenvalue weighted by molar-refractivity contribution is 0.364. The molecule has 1 aromatic rings. The van der Waals surface area contributed by atoms with Gasteiger partial charge in [-0.05, 0) is 11.6 Å². The quantitative estimate of drug-likeness (QED) is 0.294. The Labute approximate surface area is 80.9 Å². The van der Waals surface area contributed by atoms with Crippen LogP contribution in [0.3, 0.4) is 0 Å². The number of azide groups is 1. The molecule has 0 heterocycles. The van der Waals surface area contributed by atoms with Gasteiger partial charge in [0.1, 0.15) is 4.90 Å². The summed E-state index contributed by atoms with van der Waals surface area (Å²) < 4.78 is 61.7. The molecule has 0 unspecified atom stereocenters. The maximum absolute atomic E-state index is 12.3. The Bertz CT molecular complexity index is 447. The van der Waals surface area contributed by atoms with E-state index in [2.05, 4.69) is 10.0 Å². The smallest absolute Gasteiger partial charge is 0.0936 e. The maximum atomic E-state index is 12.3. The number of hydrogen-bond donors (Lipinski definition) is 0. The third kappa shape index (κ3) is 2.74. The summed E-state index contributed by atoms with van der Waals surface area (Å²) in [5, 5.41) is 2.57. The van der Waals surface area contributed by atoms with Crippen molar-refractivity contribution in [1.82, 2.24) is 0 Å². The lowest BCUT2D eigenvalue weighted by atomic mass is 10.3. The van der Waals surface area contributed by atoms with Gasteiger partial charge in [-0.1, -0.05) is 42.7 Å². The van der Waals surface area contributed by atoms with Crippen LogP contribution in [0.25, 0.3) is 10.4 Å². The van der Waals surface area contributed by atoms with Gasteiger partial charge >= 0.3 is 10.2 Å². The lowest BCUT2D eigenvalue weighted by Gasteiger charge is -2.41. The summed E-state index contributed by atoms with van der Waals surface area (Å²) in [6.45, 7) is 0. The topological polar surface area (TPSA) is 48.8 Å². The van der Waals surface area contributed by atoms with Crippen molar-refractivity contribution in [2.45, 2.75) is 4.90 Å². The Kier molecular flexibility index (Phi) is 1.98. The van der Waals surface area contributed by atoms with Crippen molar-refractivity contribution in [2.24, 2.45) is 5.11 Å². The molecule has 0 spiro atoms. The van der Waals surface area contributed by atoms with Gasteiger partial charge in [-0.25, -0.2) is 0 Å². The summed E-state index contributed by atoms with van der Waals surface area (Å²) >= 11 is 0. The summed E-state index contributed by atoms with van der Waals surface area (Å²) in [5.41, 5.74) is 6.81. The number of benzene rings is 1. The van der Waals surface area contributed by atoms with Crippen molar-refractivity contribution in [1.29, 1.82) is 0 Å². The van der Waals surface area contributed by atoms with Crippen LogP contribution < -0.4 is 0 Å². The van der Waals surface area contributed by atoms with Crippen molar-refractivity contribution >= 4 is 15.9 Å². The molecule has 0 aromatic heterocycles. The van der Waals surface area contributed by atoms with Gasteiger partial charge in [0.15, 0.2) is 0 Å². The van der Waals surface area contributed by atoms with E-state index >= 15 is 0 Å². The van der Waals surface area contributed by atoms with E-state index in [0.29, 0.717) is 6.07 Å². The fraction of sp³-hybridized carbons (Fsp3) is 0. The first-order valence-electron chi connectivity index (χ1n) is 3.43. The van der Waals surface area contributed by atoms with Crippen molar-refractivity contribution in [3.63, 3.8) is 0 Å². The van der Waals surface area contributed by atoms with Crippen molar-refractivity contribution in [3.05, 3.63) is 34.7 Å². The number of halogens is 5. The van der Waals surface area contributed by atoms with Gasteiger partial charge in [0.05, 0.1) is 5.69 Å². The van der Waals surface area contributed by atoms with E-state index < -0.39 is 20.8 Å². The van der Waals surface area contributed by atoms with Crippen molar-refractivity contribution in [2.75, 3.05) is 0 Å². The highest BCUT2D eigenvalue weighted by atomic mass is 32.5. The van der Waals surface area contributed by atoms with E-state index in [1.54, 1.807) is 0 Å². The van der Waals surface area contributed by atoms with E-state index in [9.17, 15) is 19.4 Å². The molecular weight excluding hydrogens is 241 g/mol. The Morgan fingerprint density at radius 1 is 1.07 bits per heavy atom. The Morgan fingerprint density at radius 2 is 1.60 bits per heavy atom. The van der Waals surface area contributed by atoms with Crippen LogP contribution in [0.4, 0.5) is 25.1 Å². The molecule has 0 radical (unpaired) electrons. The van der Waals surface area contributed by atoms with Gasteiger partial charge in [-0.3, -0.25) is 0 Å². The minimum Gasteiger partial charge on any atom is -0.0936 e. The highest BCUT2D eigenvalue weighted by Gasteiger charge is 2.66. The van der Waals surface area contributed by atoms with Crippen LogP contribution in [-0.2, 0) is 0 Å². The first-order valence-corrected chi connectivity index (χ1v) is 5.38. The van der Waals surface area contributed by atoms with Crippen LogP contribution in [0.5, 0.6) is 0 Å². The highest BCUT2D eigenvalue weighted by molar-refractivity contribution is 8.45. The SMILES string of the molecule is [N-]=[N+]=Nc1ccccc1S(F)(F)(F)(F)F. The molecule has 0 aliphatic rings. The van der Waals surface area contributed by atoms with Crippen LogP contribution in [-0.4, -0.2) is 0 Å². The molecule has 3 nitrogen and oxygen atoms in total. The van der Waals surface area contributed by atoms with E-state index in [0.717, 1.165) is 12.1 Å². The molecule has 0 bridgehead atoms. The number of hydrogen-bond acceptors (Lipinski definition) is 1. The zero-order valence-electron chi connectivity index (χ0n) is 6.95. The van der Waals surface area contributed by atoms with Gasteiger partial charge in [0, 0.05) is 4.91 Å². The van der Waals surface area contributed by atoms with Crippen LogP contribution in [0.1, 0.15) is 0 Å². The predicted molar refractivity (Wildman–Crippen MR) is 46.6 cm³/mol. The van der Waals surface area contributed by atoms with Gasteiger partial charge in [-0.15, -0.1) is 0 Å². The first-order chi connectivity index (χ1) is 6.54. The third-order valence-electron chi connectivity index (χ3n) is 1.43. The maximum Gasteiger partial charge on any atom is 0.310 e. The molecule has 84 valence electrons. The zero-order chi connectivity index (χ0) is 11.8. The normalized spacial score (nSPS) is 16.1. The predicted octanol–water partition coefficient (Wildman–Crippen LogP) is 5.29. The molecule has 0 N–H and O–H groups in total. The highest BCUT2D eigenvalue weighted by Crippen LogP contribution is 3.02. The summed E-state index contributed by atoms with van der Waals surface area (Å²) in [7, 11) is -9.78. The Hall–Kier alpha value is -1.47. The lowest BCUT2D eigenvalue weighted by Crippen LogP contribution is -2.05. The summed E-state index contributed by atoms with van der Waals surface area (Å²) in [4.78, 5) is -0.118. The van der Waals surface area contributed by atoms with Gasteiger partial charge in [0.25, 0.3) is 0 Å². The van der Waals surface area contributed by atoms with E-state index in [1.807, 2.05) is 0 Å². The minimum atomic E-state index is -9.78. The second-order valence-corrected chi connectivity index (χ2v) is 5.00. The van der Waals surface area contributed by atoms with Gasteiger partial charge < -0.3 is 0 Å². The number of nitrogens with zero attached hydrogens (tertiary/aromatic N) is 3. The van der Waals surface area contributed by atoms with Gasteiger partial charge in [-0.2, -0.15) is 0 Å². The first kappa shape index (κ1) is 11.6. The van der Waals surface area contributed by atoms with Crippen molar-refractivity contribution in [3.8, 4) is 0 Å². The molecule has 0 atom stereocenters. The summed E-state index contributed by atoms with van der Waals surface area (Å²) in [6, 6.07) is 2.72. The molecule has 9 heteroatoms. The van der Waals surface area contributed by atoms with Crippen LogP contribution in [0.15, 0.2) is 34.3 Å².